The zero-order valence-corrected chi connectivity index (χ0v) is 13.5. The van der Waals surface area contributed by atoms with Crippen molar-refractivity contribution < 1.29 is 38.9 Å². The van der Waals surface area contributed by atoms with Crippen LogP contribution < -0.4 is 0 Å². The van der Waals surface area contributed by atoms with Crippen molar-refractivity contribution in [1.29, 1.82) is 0 Å². The average Bonchev–Trinajstić information content (AvgIpc) is 2.34. The van der Waals surface area contributed by atoms with Crippen LogP contribution in [0.15, 0.2) is 0 Å². The summed E-state index contributed by atoms with van der Waals surface area (Å²) >= 11 is 0. The minimum atomic E-state index is -2.34. The van der Waals surface area contributed by atoms with Crippen LogP contribution in [0.5, 0.6) is 0 Å². The van der Waals surface area contributed by atoms with Crippen molar-refractivity contribution in [3.8, 4) is 0 Å². The molecule has 0 aromatic heterocycles. The quantitative estimate of drug-likeness (QED) is 0.547. The van der Waals surface area contributed by atoms with Crippen LogP contribution in [0, 0.1) is 10.8 Å². The summed E-state index contributed by atoms with van der Waals surface area (Å²) in [5.74, 6) is -4.90. The number of aliphatic hydroxyl groups is 2. The van der Waals surface area contributed by atoms with Crippen molar-refractivity contribution in [2.24, 2.45) is 10.8 Å². The van der Waals surface area contributed by atoms with Crippen LogP contribution in [-0.4, -0.2) is 46.3 Å². The van der Waals surface area contributed by atoms with Gasteiger partial charge in [-0.25, -0.2) is 9.59 Å². The SMILES string of the molecule is CC(C)(C)C(=O)OC(=O)C(O)C(O)C(=O)OC(=O)C(C)(C)C. The van der Waals surface area contributed by atoms with E-state index in [0.717, 1.165) is 0 Å². The summed E-state index contributed by atoms with van der Waals surface area (Å²) in [6, 6.07) is 0. The van der Waals surface area contributed by atoms with Gasteiger partial charge in [-0.1, -0.05) is 0 Å². The van der Waals surface area contributed by atoms with E-state index in [-0.39, 0.29) is 0 Å². The second-order valence-corrected chi connectivity index (χ2v) is 6.81. The molecule has 0 aromatic carbocycles. The number of hydrogen-bond acceptors (Lipinski definition) is 8. The summed E-state index contributed by atoms with van der Waals surface area (Å²) in [6.45, 7) is 8.84. The summed E-state index contributed by atoms with van der Waals surface area (Å²) in [5, 5.41) is 19.0. The first kappa shape index (κ1) is 20.2. The van der Waals surface area contributed by atoms with E-state index in [1.54, 1.807) is 0 Å². The summed E-state index contributed by atoms with van der Waals surface area (Å²) < 4.78 is 8.68. The molecule has 0 aliphatic rings. The Morgan fingerprint density at radius 1 is 0.682 bits per heavy atom. The lowest BCUT2D eigenvalue weighted by atomic mass is 9.97. The van der Waals surface area contributed by atoms with Crippen LogP contribution in [-0.2, 0) is 28.7 Å². The third-order valence-electron chi connectivity index (χ3n) is 2.39. The standard InChI is InChI=1S/C14H22O8/c1-13(2,3)11(19)21-9(17)7(15)8(16)10(18)22-12(20)14(4,5)6/h7-8,15-16H,1-6H3. The minimum absolute atomic E-state index is 0.942. The molecule has 0 aliphatic heterocycles. The lowest BCUT2D eigenvalue weighted by molar-refractivity contribution is -0.184. The third kappa shape index (κ3) is 5.90. The Labute approximate surface area is 128 Å². The normalized spacial score (nSPS) is 14.7. The highest BCUT2D eigenvalue weighted by molar-refractivity contribution is 5.96. The van der Waals surface area contributed by atoms with Gasteiger partial charge in [0.1, 0.15) is 0 Å². The first-order valence-corrected chi connectivity index (χ1v) is 6.56. The molecule has 0 amide bonds. The summed E-state index contributed by atoms with van der Waals surface area (Å²) in [6.07, 6.45) is -4.68. The fourth-order valence-electron chi connectivity index (χ4n) is 0.867. The van der Waals surface area contributed by atoms with Crippen LogP contribution in [0.4, 0.5) is 0 Å². The molecule has 0 aliphatic carbocycles. The molecule has 0 heterocycles. The molecular formula is C14H22O8. The van der Waals surface area contributed by atoms with Gasteiger partial charge in [0.15, 0.2) is 12.2 Å². The Kier molecular flexibility index (Phi) is 6.40. The van der Waals surface area contributed by atoms with E-state index < -0.39 is 46.9 Å². The van der Waals surface area contributed by atoms with Crippen molar-refractivity contribution in [1.82, 2.24) is 0 Å². The van der Waals surface area contributed by atoms with Gasteiger partial charge in [0, 0.05) is 0 Å². The van der Waals surface area contributed by atoms with Crippen LogP contribution in [0.1, 0.15) is 41.5 Å². The zero-order chi connectivity index (χ0) is 17.9. The second kappa shape index (κ2) is 6.97. The molecule has 22 heavy (non-hydrogen) atoms. The lowest BCUT2D eigenvalue weighted by Gasteiger charge is -2.20. The third-order valence-corrected chi connectivity index (χ3v) is 2.39. The number of carbonyl (C=O) groups excluding carboxylic acids is 4. The molecule has 2 N–H and O–H groups in total. The van der Waals surface area contributed by atoms with Gasteiger partial charge >= 0.3 is 23.9 Å². The van der Waals surface area contributed by atoms with E-state index in [2.05, 4.69) is 9.47 Å². The monoisotopic (exact) mass is 318 g/mol. The Hall–Kier alpha value is -1.80. The van der Waals surface area contributed by atoms with Gasteiger partial charge in [0.05, 0.1) is 10.8 Å². The van der Waals surface area contributed by atoms with E-state index in [4.69, 9.17) is 0 Å². The molecular weight excluding hydrogens is 296 g/mol. The molecule has 2 unspecified atom stereocenters. The molecule has 8 nitrogen and oxygen atoms in total. The lowest BCUT2D eigenvalue weighted by Crippen LogP contribution is -2.44. The topological polar surface area (TPSA) is 127 Å². The molecule has 0 bridgehead atoms. The highest BCUT2D eigenvalue weighted by atomic mass is 16.6. The summed E-state index contributed by atoms with van der Waals surface area (Å²) in [4.78, 5) is 45.9. The maximum atomic E-state index is 11.5. The van der Waals surface area contributed by atoms with Gasteiger partial charge in [0.25, 0.3) is 0 Å². The minimum Gasteiger partial charge on any atom is -0.391 e. The summed E-state index contributed by atoms with van der Waals surface area (Å²) in [5.41, 5.74) is -2.02. The molecule has 126 valence electrons. The molecule has 0 rings (SSSR count). The van der Waals surface area contributed by atoms with Gasteiger partial charge in [0.2, 0.25) is 0 Å². The Morgan fingerprint density at radius 3 is 1.09 bits per heavy atom. The molecule has 0 radical (unpaired) electrons. The van der Waals surface area contributed by atoms with Crippen molar-refractivity contribution in [2.75, 3.05) is 0 Å². The molecule has 8 heteroatoms. The highest BCUT2D eigenvalue weighted by Crippen LogP contribution is 2.17. The average molecular weight is 318 g/mol. The van der Waals surface area contributed by atoms with Crippen LogP contribution in [0.3, 0.4) is 0 Å². The summed E-state index contributed by atoms with van der Waals surface area (Å²) in [7, 11) is 0. The first-order chi connectivity index (χ1) is 9.67. The number of ether oxygens (including phenoxy) is 2. The van der Waals surface area contributed by atoms with Crippen molar-refractivity contribution in [3.63, 3.8) is 0 Å². The highest BCUT2D eigenvalue weighted by Gasteiger charge is 2.38. The second-order valence-electron chi connectivity index (χ2n) is 6.81. The smallest absolute Gasteiger partial charge is 0.346 e. The van der Waals surface area contributed by atoms with E-state index in [0.29, 0.717) is 0 Å². The van der Waals surface area contributed by atoms with Gasteiger partial charge in [-0.2, -0.15) is 0 Å². The number of esters is 4. The van der Waals surface area contributed by atoms with Gasteiger partial charge in [-0.15, -0.1) is 0 Å². The number of aliphatic hydroxyl groups excluding tert-OH is 2. The van der Waals surface area contributed by atoms with Crippen molar-refractivity contribution in [2.45, 2.75) is 53.8 Å². The molecule has 0 spiro atoms. The molecule has 0 aromatic rings. The fraction of sp³-hybridized carbons (Fsp3) is 0.714. The predicted octanol–water partition coefficient (Wildman–Crippen LogP) is -0.0600. The van der Waals surface area contributed by atoms with Gasteiger partial charge in [-0.3, -0.25) is 9.59 Å². The maximum Gasteiger partial charge on any atom is 0.346 e. The predicted molar refractivity (Wildman–Crippen MR) is 73.1 cm³/mol. The van der Waals surface area contributed by atoms with Crippen LogP contribution >= 0.6 is 0 Å². The Morgan fingerprint density at radius 2 is 0.909 bits per heavy atom. The molecule has 0 saturated heterocycles. The Balaban J connectivity index is 4.75. The van der Waals surface area contributed by atoms with E-state index in [1.165, 1.54) is 41.5 Å². The van der Waals surface area contributed by atoms with E-state index >= 15 is 0 Å². The Bertz CT molecular complexity index is 422. The fourth-order valence-corrected chi connectivity index (χ4v) is 0.867. The van der Waals surface area contributed by atoms with E-state index in [1.807, 2.05) is 0 Å². The zero-order valence-electron chi connectivity index (χ0n) is 13.5. The number of rotatable bonds is 3. The molecule has 2 atom stereocenters. The number of hydrogen-bond donors (Lipinski definition) is 2. The first-order valence-electron chi connectivity index (χ1n) is 6.56. The van der Waals surface area contributed by atoms with Gasteiger partial charge < -0.3 is 19.7 Å². The van der Waals surface area contributed by atoms with Crippen molar-refractivity contribution in [3.05, 3.63) is 0 Å². The van der Waals surface area contributed by atoms with Crippen LogP contribution in [0.2, 0.25) is 0 Å². The number of carbonyl (C=O) groups is 4. The molecule has 0 fully saturated rings. The van der Waals surface area contributed by atoms with Crippen LogP contribution in [0.25, 0.3) is 0 Å². The van der Waals surface area contributed by atoms with Gasteiger partial charge in [-0.05, 0) is 41.5 Å². The molecule has 0 saturated carbocycles. The van der Waals surface area contributed by atoms with Crippen molar-refractivity contribution >= 4 is 23.9 Å². The maximum absolute atomic E-state index is 11.5. The van der Waals surface area contributed by atoms with E-state index in [9.17, 15) is 29.4 Å². The largest absolute Gasteiger partial charge is 0.391 e.